The van der Waals surface area contributed by atoms with Crippen LogP contribution in [0, 0.1) is 12.8 Å². The number of rotatable bonds is 6. The van der Waals surface area contributed by atoms with E-state index < -0.39 is 0 Å². The zero-order valence-electron chi connectivity index (χ0n) is 9.47. The topological polar surface area (TPSA) is 12.0 Å². The average molecular weight is 211 g/mol. The Morgan fingerprint density at radius 2 is 2.14 bits per heavy atom. The van der Waals surface area contributed by atoms with E-state index in [1.807, 2.05) is 18.4 Å². The van der Waals surface area contributed by atoms with Crippen LogP contribution in [0.15, 0.2) is 12.1 Å². The number of hydrogen-bond acceptors (Lipinski definition) is 2. The van der Waals surface area contributed by atoms with Gasteiger partial charge in [-0.05, 0) is 57.8 Å². The average Bonchev–Trinajstić information content (AvgIpc) is 2.58. The third-order valence-corrected chi connectivity index (χ3v) is 3.63. The lowest BCUT2D eigenvalue weighted by atomic mass is 10.0. The predicted molar refractivity (Wildman–Crippen MR) is 65.1 cm³/mol. The molecule has 1 unspecified atom stereocenters. The van der Waals surface area contributed by atoms with Crippen LogP contribution in [0.1, 0.15) is 29.5 Å². The smallest absolute Gasteiger partial charge is 0.00481 e. The SMILES string of the molecule is CNCCC(C)CCc1ccc(C)s1. The summed E-state index contributed by atoms with van der Waals surface area (Å²) in [6.45, 7) is 5.67. The van der Waals surface area contributed by atoms with Crippen LogP contribution in [-0.4, -0.2) is 13.6 Å². The first-order valence-corrected chi connectivity index (χ1v) is 6.24. The molecule has 0 aliphatic carbocycles. The van der Waals surface area contributed by atoms with Crippen molar-refractivity contribution in [3.05, 3.63) is 21.9 Å². The van der Waals surface area contributed by atoms with E-state index in [9.17, 15) is 0 Å². The van der Waals surface area contributed by atoms with Crippen molar-refractivity contribution in [1.29, 1.82) is 0 Å². The largest absolute Gasteiger partial charge is 0.320 e. The number of nitrogens with one attached hydrogen (secondary N) is 1. The molecule has 0 amide bonds. The second-order valence-corrected chi connectivity index (χ2v) is 5.42. The maximum Gasteiger partial charge on any atom is 0.00481 e. The van der Waals surface area contributed by atoms with E-state index in [1.165, 1.54) is 24.1 Å². The van der Waals surface area contributed by atoms with Crippen molar-refractivity contribution >= 4 is 11.3 Å². The lowest BCUT2D eigenvalue weighted by Gasteiger charge is -2.09. The van der Waals surface area contributed by atoms with E-state index >= 15 is 0 Å². The molecule has 1 aromatic rings. The molecule has 1 aromatic heterocycles. The number of aryl methyl sites for hydroxylation is 2. The summed E-state index contributed by atoms with van der Waals surface area (Å²) in [5.74, 6) is 0.838. The number of hydrogen-bond donors (Lipinski definition) is 1. The quantitative estimate of drug-likeness (QED) is 0.762. The van der Waals surface area contributed by atoms with Crippen LogP contribution >= 0.6 is 11.3 Å². The second kappa shape index (κ2) is 6.20. The van der Waals surface area contributed by atoms with Gasteiger partial charge >= 0.3 is 0 Å². The lowest BCUT2D eigenvalue weighted by molar-refractivity contribution is 0.483. The van der Waals surface area contributed by atoms with Gasteiger partial charge in [-0.1, -0.05) is 6.92 Å². The van der Waals surface area contributed by atoms with E-state index in [1.54, 1.807) is 4.88 Å². The molecule has 0 saturated heterocycles. The van der Waals surface area contributed by atoms with Gasteiger partial charge in [-0.3, -0.25) is 0 Å². The monoisotopic (exact) mass is 211 g/mol. The molecule has 0 aromatic carbocycles. The standard InChI is InChI=1S/C12H21NS/c1-10(8-9-13-3)4-6-12-7-5-11(2)14-12/h5,7,10,13H,4,6,8-9H2,1-3H3. The van der Waals surface area contributed by atoms with Crippen molar-refractivity contribution in [2.24, 2.45) is 5.92 Å². The molecule has 1 heterocycles. The van der Waals surface area contributed by atoms with Crippen LogP contribution in [0.3, 0.4) is 0 Å². The molecule has 1 nitrogen and oxygen atoms in total. The Bertz CT molecular complexity index is 255. The van der Waals surface area contributed by atoms with Gasteiger partial charge in [-0.25, -0.2) is 0 Å². The highest BCUT2D eigenvalue weighted by Gasteiger charge is 2.03. The molecule has 1 N–H and O–H groups in total. The Hall–Kier alpha value is -0.340. The summed E-state index contributed by atoms with van der Waals surface area (Å²) in [6, 6.07) is 4.49. The van der Waals surface area contributed by atoms with Crippen LogP contribution in [0.2, 0.25) is 0 Å². The van der Waals surface area contributed by atoms with Crippen molar-refractivity contribution in [2.75, 3.05) is 13.6 Å². The van der Waals surface area contributed by atoms with Crippen molar-refractivity contribution in [3.8, 4) is 0 Å². The molecule has 0 aliphatic heterocycles. The minimum absolute atomic E-state index is 0.838. The molecule has 1 rings (SSSR count). The molecule has 0 spiro atoms. The first-order chi connectivity index (χ1) is 6.72. The molecule has 14 heavy (non-hydrogen) atoms. The Kier molecular flexibility index (Phi) is 5.20. The summed E-state index contributed by atoms with van der Waals surface area (Å²) in [4.78, 5) is 2.97. The molecule has 1 atom stereocenters. The molecule has 80 valence electrons. The molecular weight excluding hydrogens is 190 g/mol. The van der Waals surface area contributed by atoms with E-state index in [0.717, 1.165) is 12.5 Å². The summed E-state index contributed by atoms with van der Waals surface area (Å²) in [7, 11) is 2.02. The van der Waals surface area contributed by atoms with E-state index in [-0.39, 0.29) is 0 Å². The molecular formula is C12H21NS. The van der Waals surface area contributed by atoms with Gasteiger partial charge in [-0.2, -0.15) is 0 Å². The third kappa shape index (κ3) is 4.25. The highest BCUT2D eigenvalue weighted by atomic mass is 32.1. The zero-order chi connectivity index (χ0) is 10.4. The summed E-state index contributed by atoms with van der Waals surface area (Å²) in [5.41, 5.74) is 0. The molecule has 0 radical (unpaired) electrons. The van der Waals surface area contributed by atoms with Gasteiger partial charge < -0.3 is 5.32 Å². The van der Waals surface area contributed by atoms with Crippen LogP contribution in [0.25, 0.3) is 0 Å². The maximum absolute atomic E-state index is 3.20. The predicted octanol–water partition coefficient (Wildman–Crippen LogP) is 3.23. The fourth-order valence-corrected chi connectivity index (χ4v) is 2.45. The molecule has 0 saturated carbocycles. The minimum atomic E-state index is 0.838. The molecule has 0 aliphatic rings. The van der Waals surface area contributed by atoms with Gasteiger partial charge in [0.05, 0.1) is 0 Å². The van der Waals surface area contributed by atoms with Crippen LogP contribution in [-0.2, 0) is 6.42 Å². The Labute approximate surface area is 91.5 Å². The normalized spacial score (nSPS) is 13.1. The fourth-order valence-electron chi connectivity index (χ4n) is 1.54. The molecule has 0 fully saturated rings. The van der Waals surface area contributed by atoms with Gasteiger partial charge in [-0.15, -0.1) is 11.3 Å². The zero-order valence-corrected chi connectivity index (χ0v) is 10.3. The van der Waals surface area contributed by atoms with E-state index in [2.05, 4.69) is 31.3 Å². The first kappa shape index (κ1) is 11.7. The van der Waals surface area contributed by atoms with E-state index in [4.69, 9.17) is 0 Å². The van der Waals surface area contributed by atoms with Crippen molar-refractivity contribution in [3.63, 3.8) is 0 Å². The van der Waals surface area contributed by atoms with Crippen molar-refractivity contribution in [1.82, 2.24) is 5.32 Å². The third-order valence-electron chi connectivity index (χ3n) is 2.57. The summed E-state index contributed by atoms with van der Waals surface area (Å²) < 4.78 is 0. The minimum Gasteiger partial charge on any atom is -0.320 e. The maximum atomic E-state index is 3.20. The summed E-state index contributed by atoms with van der Waals surface area (Å²) >= 11 is 1.94. The van der Waals surface area contributed by atoms with Crippen molar-refractivity contribution in [2.45, 2.75) is 33.1 Å². The van der Waals surface area contributed by atoms with Crippen LogP contribution in [0.5, 0.6) is 0 Å². The Morgan fingerprint density at radius 1 is 1.36 bits per heavy atom. The van der Waals surface area contributed by atoms with Gasteiger partial charge in [0.1, 0.15) is 0 Å². The van der Waals surface area contributed by atoms with Crippen LogP contribution < -0.4 is 5.32 Å². The van der Waals surface area contributed by atoms with Gasteiger partial charge in [0.15, 0.2) is 0 Å². The Morgan fingerprint density at radius 3 is 2.71 bits per heavy atom. The van der Waals surface area contributed by atoms with Crippen LogP contribution in [0.4, 0.5) is 0 Å². The summed E-state index contributed by atoms with van der Waals surface area (Å²) in [6.07, 6.45) is 3.87. The molecule has 2 heteroatoms. The number of thiophene rings is 1. The van der Waals surface area contributed by atoms with Crippen molar-refractivity contribution < 1.29 is 0 Å². The van der Waals surface area contributed by atoms with E-state index in [0.29, 0.717) is 0 Å². The second-order valence-electron chi connectivity index (χ2n) is 4.05. The Balaban J connectivity index is 2.20. The molecule has 0 bridgehead atoms. The fraction of sp³-hybridized carbons (Fsp3) is 0.667. The summed E-state index contributed by atoms with van der Waals surface area (Å²) in [5, 5.41) is 3.20. The highest BCUT2D eigenvalue weighted by molar-refractivity contribution is 7.11. The lowest BCUT2D eigenvalue weighted by Crippen LogP contribution is -2.11. The first-order valence-electron chi connectivity index (χ1n) is 5.42. The van der Waals surface area contributed by atoms with Gasteiger partial charge in [0.25, 0.3) is 0 Å². The van der Waals surface area contributed by atoms with Gasteiger partial charge in [0, 0.05) is 9.75 Å². The highest BCUT2D eigenvalue weighted by Crippen LogP contribution is 2.19. The van der Waals surface area contributed by atoms with Gasteiger partial charge in [0.2, 0.25) is 0 Å².